The van der Waals surface area contributed by atoms with E-state index in [1.54, 1.807) is 0 Å². The van der Waals surface area contributed by atoms with Crippen molar-refractivity contribution >= 4 is 17.7 Å². The number of carbonyl (C=O) groups is 1. The van der Waals surface area contributed by atoms with Crippen LogP contribution in [0.4, 0.5) is 14.5 Å². The first-order valence-electron chi connectivity index (χ1n) is 9.33. The minimum absolute atomic E-state index is 0.234. The minimum atomic E-state index is -0.709. The number of amides is 1. The average molecular weight is 392 g/mol. The van der Waals surface area contributed by atoms with Crippen molar-refractivity contribution in [3.8, 4) is 0 Å². The van der Waals surface area contributed by atoms with Crippen LogP contribution in [0.1, 0.15) is 29.7 Å². The average Bonchev–Trinajstić information content (AvgIpc) is 2.73. The molecule has 3 rings (SSSR count). The molecule has 29 heavy (non-hydrogen) atoms. The second-order valence-corrected chi connectivity index (χ2v) is 6.66. The van der Waals surface area contributed by atoms with Gasteiger partial charge in [0, 0.05) is 23.9 Å². The summed E-state index contributed by atoms with van der Waals surface area (Å²) in [7, 11) is 0. The summed E-state index contributed by atoms with van der Waals surface area (Å²) < 4.78 is 27.3. The molecule has 3 aromatic rings. The van der Waals surface area contributed by atoms with E-state index in [1.165, 1.54) is 11.6 Å². The molecule has 0 aromatic heterocycles. The van der Waals surface area contributed by atoms with Gasteiger partial charge in [-0.3, -0.25) is 4.79 Å². The van der Waals surface area contributed by atoms with Crippen LogP contribution in [-0.2, 0) is 11.3 Å². The summed E-state index contributed by atoms with van der Waals surface area (Å²) in [5.74, 6) is -1.85. The van der Waals surface area contributed by atoms with Crippen molar-refractivity contribution < 1.29 is 13.6 Å². The van der Waals surface area contributed by atoms with Crippen LogP contribution < -0.4 is 10.6 Å². The molecule has 0 aliphatic carbocycles. The predicted molar refractivity (Wildman–Crippen MR) is 112 cm³/mol. The van der Waals surface area contributed by atoms with E-state index >= 15 is 0 Å². The number of hydrogen-bond acceptors (Lipinski definition) is 2. The fourth-order valence-electron chi connectivity index (χ4n) is 2.89. The normalized spacial score (nSPS) is 12.0. The van der Waals surface area contributed by atoms with Gasteiger partial charge in [0.2, 0.25) is 5.91 Å². The van der Waals surface area contributed by atoms with E-state index in [1.807, 2.05) is 61.5 Å². The summed E-state index contributed by atoms with van der Waals surface area (Å²) in [6.45, 7) is 2.55. The monoisotopic (exact) mass is 392 g/mol. The third-order valence-electron chi connectivity index (χ3n) is 4.49. The fourth-order valence-corrected chi connectivity index (χ4v) is 2.89. The zero-order valence-electron chi connectivity index (χ0n) is 16.0. The molecule has 0 saturated heterocycles. The van der Waals surface area contributed by atoms with E-state index in [0.29, 0.717) is 6.54 Å². The number of rotatable bonds is 7. The lowest BCUT2D eigenvalue weighted by Crippen LogP contribution is -2.24. The molecular weight excluding hydrogens is 370 g/mol. The maximum atomic E-state index is 13.6. The number of anilines is 1. The van der Waals surface area contributed by atoms with Crippen molar-refractivity contribution in [2.24, 2.45) is 0 Å². The second kappa shape index (κ2) is 9.64. The van der Waals surface area contributed by atoms with Crippen molar-refractivity contribution in [1.29, 1.82) is 0 Å². The number of hydrogen-bond donors (Lipinski definition) is 2. The molecule has 148 valence electrons. The van der Waals surface area contributed by atoms with Crippen molar-refractivity contribution in [2.45, 2.75) is 19.5 Å². The predicted octanol–water partition coefficient (Wildman–Crippen LogP) is 5.47. The molecule has 1 amide bonds. The van der Waals surface area contributed by atoms with Gasteiger partial charge < -0.3 is 10.6 Å². The molecule has 0 heterocycles. The van der Waals surface area contributed by atoms with Crippen LogP contribution in [0.3, 0.4) is 0 Å². The molecule has 5 heteroatoms. The fraction of sp³-hybridized carbons (Fsp3) is 0.125. The Balaban J connectivity index is 1.60. The zero-order valence-corrected chi connectivity index (χ0v) is 16.0. The molecule has 0 bridgehead atoms. The van der Waals surface area contributed by atoms with E-state index < -0.39 is 17.5 Å². The highest BCUT2D eigenvalue weighted by atomic mass is 19.1. The zero-order chi connectivity index (χ0) is 20.6. The van der Waals surface area contributed by atoms with Gasteiger partial charge in [0.1, 0.15) is 11.6 Å². The van der Waals surface area contributed by atoms with Gasteiger partial charge in [-0.05, 0) is 48.4 Å². The minimum Gasteiger partial charge on any atom is -0.381 e. The van der Waals surface area contributed by atoms with Gasteiger partial charge in [-0.1, -0.05) is 48.5 Å². The molecule has 0 saturated carbocycles. The highest BCUT2D eigenvalue weighted by molar-refractivity contribution is 5.92. The van der Waals surface area contributed by atoms with E-state index in [0.717, 1.165) is 35.5 Å². The third-order valence-corrected chi connectivity index (χ3v) is 4.49. The van der Waals surface area contributed by atoms with Crippen LogP contribution in [0.15, 0.2) is 78.9 Å². The molecule has 3 aromatic carbocycles. The Bertz CT molecular complexity index is 983. The van der Waals surface area contributed by atoms with Crippen LogP contribution in [0.2, 0.25) is 0 Å². The number of nitrogens with one attached hydrogen (secondary N) is 2. The highest BCUT2D eigenvalue weighted by Gasteiger charge is 2.10. The number of benzene rings is 3. The van der Waals surface area contributed by atoms with Crippen LogP contribution in [-0.4, -0.2) is 5.91 Å². The Morgan fingerprint density at radius 1 is 0.966 bits per heavy atom. The number of carbonyl (C=O) groups excluding carboxylic acids is 1. The summed E-state index contributed by atoms with van der Waals surface area (Å²) in [5, 5.41) is 6.17. The van der Waals surface area contributed by atoms with E-state index in [4.69, 9.17) is 0 Å². The number of halogens is 2. The topological polar surface area (TPSA) is 41.1 Å². The van der Waals surface area contributed by atoms with Crippen LogP contribution in [0, 0.1) is 11.6 Å². The van der Waals surface area contributed by atoms with Crippen molar-refractivity contribution in [3.05, 3.63) is 107 Å². The smallest absolute Gasteiger partial charge is 0.244 e. The van der Waals surface area contributed by atoms with E-state index in [-0.39, 0.29) is 11.6 Å². The van der Waals surface area contributed by atoms with Gasteiger partial charge in [-0.2, -0.15) is 0 Å². The van der Waals surface area contributed by atoms with Gasteiger partial charge in [0.25, 0.3) is 0 Å². The second-order valence-electron chi connectivity index (χ2n) is 6.66. The Hall–Kier alpha value is -3.47. The molecule has 3 nitrogen and oxygen atoms in total. The van der Waals surface area contributed by atoms with Crippen LogP contribution in [0.5, 0.6) is 0 Å². The molecule has 0 aliphatic rings. The largest absolute Gasteiger partial charge is 0.381 e. The lowest BCUT2D eigenvalue weighted by atomic mass is 10.1. The summed E-state index contributed by atoms with van der Waals surface area (Å²) in [4.78, 5) is 12.2. The van der Waals surface area contributed by atoms with E-state index in [2.05, 4.69) is 10.6 Å². The Kier molecular flexibility index (Phi) is 6.74. The van der Waals surface area contributed by atoms with Gasteiger partial charge in [0.15, 0.2) is 0 Å². The molecule has 0 radical (unpaired) electrons. The molecule has 0 aliphatic heterocycles. The first kappa shape index (κ1) is 20.3. The van der Waals surface area contributed by atoms with Crippen molar-refractivity contribution in [3.63, 3.8) is 0 Å². The molecule has 0 unspecified atom stereocenters. The van der Waals surface area contributed by atoms with E-state index in [9.17, 15) is 13.6 Å². The standard InChI is InChI=1S/C24H22F2N2O/c1-17(28-24(29)14-13-21-22(25)11-6-12-23(21)26)19-9-5-10-20(15-19)27-16-18-7-3-2-4-8-18/h2-15,17,27H,16H2,1H3,(H,28,29)/t17-/m0/s1. The van der Waals surface area contributed by atoms with Gasteiger partial charge in [-0.25, -0.2) is 8.78 Å². The van der Waals surface area contributed by atoms with Gasteiger partial charge >= 0.3 is 0 Å². The Morgan fingerprint density at radius 3 is 2.38 bits per heavy atom. The summed E-state index contributed by atoms with van der Waals surface area (Å²) in [5.41, 5.74) is 2.80. The first-order chi connectivity index (χ1) is 14.0. The Labute approximate surface area is 169 Å². The molecule has 0 fully saturated rings. The summed E-state index contributed by atoms with van der Waals surface area (Å²) in [6.07, 6.45) is 2.28. The molecule has 2 N–H and O–H groups in total. The molecular formula is C24H22F2N2O. The first-order valence-corrected chi connectivity index (χ1v) is 9.33. The third kappa shape index (κ3) is 5.75. The van der Waals surface area contributed by atoms with Gasteiger partial charge in [-0.15, -0.1) is 0 Å². The maximum Gasteiger partial charge on any atom is 0.244 e. The van der Waals surface area contributed by atoms with Gasteiger partial charge in [0.05, 0.1) is 6.04 Å². The van der Waals surface area contributed by atoms with Crippen molar-refractivity contribution in [1.82, 2.24) is 5.32 Å². The van der Waals surface area contributed by atoms with Crippen molar-refractivity contribution in [2.75, 3.05) is 5.32 Å². The molecule has 0 spiro atoms. The summed E-state index contributed by atoms with van der Waals surface area (Å²) in [6, 6.07) is 21.1. The summed E-state index contributed by atoms with van der Waals surface area (Å²) >= 11 is 0. The van der Waals surface area contributed by atoms with Crippen LogP contribution >= 0.6 is 0 Å². The lowest BCUT2D eigenvalue weighted by Gasteiger charge is -2.15. The maximum absolute atomic E-state index is 13.6. The van der Waals surface area contributed by atoms with Crippen LogP contribution in [0.25, 0.3) is 6.08 Å². The lowest BCUT2D eigenvalue weighted by molar-refractivity contribution is -0.117. The molecule has 1 atom stereocenters. The SMILES string of the molecule is C[C@H](NC(=O)C=Cc1c(F)cccc1F)c1cccc(NCc2ccccc2)c1. The Morgan fingerprint density at radius 2 is 1.66 bits per heavy atom. The quantitative estimate of drug-likeness (QED) is 0.524. The highest BCUT2D eigenvalue weighted by Crippen LogP contribution is 2.19.